The van der Waals surface area contributed by atoms with Crippen LogP contribution in [0.4, 0.5) is 5.82 Å². The highest BCUT2D eigenvalue weighted by atomic mass is 32.2. The molecule has 7 nitrogen and oxygen atoms in total. The summed E-state index contributed by atoms with van der Waals surface area (Å²) in [6.45, 7) is 8.63. The van der Waals surface area contributed by atoms with Gasteiger partial charge in [-0.15, -0.1) is 5.10 Å². The van der Waals surface area contributed by atoms with Crippen molar-refractivity contribution in [2.45, 2.75) is 50.1 Å². The Balaban J connectivity index is 2.26. The molecule has 8 heteroatoms. The lowest BCUT2D eigenvalue weighted by Gasteiger charge is -2.14. The van der Waals surface area contributed by atoms with Crippen LogP contribution in [0.15, 0.2) is 40.1 Å². The van der Waals surface area contributed by atoms with Crippen molar-refractivity contribution in [1.29, 1.82) is 0 Å². The van der Waals surface area contributed by atoms with Crippen LogP contribution in [0.1, 0.15) is 30.8 Å². The molecule has 0 radical (unpaired) electrons. The third-order valence-electron chi connectivity index (χ3n) is 4.53. The molecule has 0 spiro atoms. The van der Waals surface area contributed by atoms with Crippen LogP contribution in [0.5, 0.6) is 0 Å². The number of nitrogens with zero attached hydrogens (tertiary/aromatic N) is 3. The Morgan fingerprint density at radius 2 is 1.81 bits per heavy atom. The Hall–Kier alpha value is -2.45. The first-order valence-corrected chi connectivity index (χ1v) is 10.4. The first kappa shape index (κ1) is 19.3. The Morgan fingerprint density at radius 3 is 2.41 bits per heavy atom. The van der Waals surface area contributed by atoms with Gasteiger partial charge in [0.25, 0.3) is 0 Å². The second-order valence-electron chi connectivity index (χ2n) is 6.78. The summed E-state index contributed by atoms with van der Waals surface area (Å²) in [5.41, 5.74) is 3.02. The number of nitrogens with one attached hydrogen (secondary N) is 2. The van der Waals surface area contributed by atoms with Gasteiger partial charge in [-0.1, -0.05) is 32.0 Å². The van der Waals surface area contributed by atoms with Gasteiger partial charge in [0.15, 0.2) is 16.4 Å². The Kier molecular flexibility index (Phi) is 5.21. The van der Waals surface area contributed by atoms with Crippen molar-refractivity contribution < 1.29 is 8.42 Å². The molecule has 0 unspecified atom stereocenters. The molecule has 0 bridgehead atoms. The molecule has 3 aromatic rings. The fourth-order valence-electron chi connectivity index (χ4n) is 3.03. The Labute approximate surface area is 159 Å². The van der Waals surface area contributed by atoms with Crippen molar-refractivity contribution in [1.82, 2.24) is 19.9 Å². The Bertz CT molecular complexity index is 1070. The molecule has 0 saturated heterocycles. The first-order valence-electron chi connectivity index (χ1n) is 8.87. The molecule has 27 heavy (non-hydrogen) atoms. The highest BCUT2D eigenvalue weighted by Gasteiger charge is 2.29. The fraction of sp³-hybridized carbons (Fsp3) is 0.368. The van der Waals surface area contributed by atoms with Gasteiger partial charge in [-0.3, -0.25) is 0 Å². The number of hydrogen-bond acceptors (Lipinski definition) is 6. The van der Waals surface area contributed by atoms with Gasteiger partial charge < -0.3 is 10.6 Å². The summed E-state index contributed by atoms with van der Waals surface area (Å²) in [7, 11) is -2.10. The van der Waals surface area contributed by atoms with Crippen LogP contribution in [0.2, 0.25) is 0 Å². The molecule has 3 rings (SSSR count). The maximum absolute atomic E-state index is 13.3. The van der Waals surface area contributed by atoms with E-state index in [1.807, 2.05) is 13.8 Å². The van der Waals surface area contributed by atoms with Crippen LogP contribution in [0.3, 0.4) is 0 Å². The number of hydrogen-bond donors (Lipinski definition) is 2. The lowest BCUT2D eigenvalue weighted by atomic mass is 10.1. The maximum Gasteiger partial charge on any atom is 0.214 e. The van der Waals surface area contributed by atoms with Crippen LogP contribution in [0, 0.1) is 13.8 Å². The predicted molar refractivity (Wildman–Crippen MR) is 106 cm³/mol. The van der Waals surface area contributed by atoms with Crippen LogP contribution in [-0.2, 0) is 16.4 Å². The minimum Gasteiger partial charge on any atom is -0.370 e. The molecule has 2 aromatic heterocycles. The number of rotatable bonds is 6. The lowest BCUT2D eigenvalue weighted by Crippen LogP contribution is -2.24. The van der Waals surface area contributed by atoms with Crippen molar-refractivity contribution in [2.75, 3.05) is 12.4 Å². The average molecular weight is 388 g/mol. The highest BCUT2D eigenvalue weighted by Crippen LogP contribution is 2.31. The van der Waals surface area contributed by atoms with Crippen LogP contribution in [-0.4, -0.2) is 36.1 Å². The van der Waals surface area contributed by atoms with Crippen LogP contribution in [0.25, 0.3) is 5.65 Å². The second kappa shape index (κ2) is 7.28. The summed E-state index contributed by atoms with van der Waals surface area (Å²) in [6, 6.07) is 8.69. The molecule has 0 aliphatic heterocycles. The highest BCUT2D eigenvalue weighted by molar-refractivity contribution is 7.91. The molecule has 0 saturated carbocycles. The number of sulfone groups is 1. The quantitative estimate of drug-likeness (QED) is 0.676. The van der Waals surface area contributed by atoms with Crippen LogP contribution < -0.4 is 10.6 Å². The number of fused-ring (bicyclic) bond motifs is 1. The van der Waals surface area contributed by atoms with Gasteiger partial charge in [0.2, 0.25) is 9.84 Å². The van der Waals surface area contributed by atoms with E-state index in [0.717, 1.165) is 17.0 Å². The summed E-state index contributed by atoms with van der Waals surface area (Å²) in [4.78, 5) is 4.94. The van der Waals surface area contributed by atoms with E-state index < -0.39 is 9.84 Å². The molecule has 0 amide bonds. The smallest absolute Gasteiger partial charge is 0.214 e. The van der Waals surface area contributed by atoms with Crippen molar-refractivity contribution in [3.8, 4) is 0 Å². The molecule has 2 N–H and O–H groups in total. The monoisotopic (exact) mass is 387 g/mol. The summed E-state index contributed by atoms with van der Waals surface area (Å²) < 4.78 is 28.1. The summed E-state index contributed by atoms with van der Waals surface area (Å²) in [5, 5.41) is 10.8. The van der Waals surface area contributed by atoms with Crippen molar-refractivity contribution in [3.05, 3.63) is 47.3 Å². The molecule has 0 atom stereocenters. The van der Waals surface area contributed by atoms with Gasteiger partial charge in [-0.05, 0) is 26.0 Å². The van der Waals surface area contributed by atoms with Gasteiger partial charge >= 0.3 is 0 Å². The zero-order valence-corrected chi connectivity index (χ0v) is 17.1. The van der Waals surface area contributed by atoms with E-state index in [9.17, 15) is 8.42 Å². The van der Waals surface area contributed by atoms with Gasteiger partial charge in [0.05, 0.1) is 4.90 Å². The minimum absolute atomic E-state index is 0.103. The molecule has 2 heterocycles. The lowest BCUT2D eigenvalue weighted by molar-refractivity contribution is 0.581. The molecular weight excluding hydrogens is 362 g/mol. The third kappa shape index (κ3) is 3.42. The zero-order valence-electron chi connectivity index (χ0n) is 16.2. The minimum atomic E-state index is -3.76. The summed E-state index contributed by atoms with van der Waals surface area (Å²) in [5.74, 6) is 0.294. The van der Waals surface area contributed by atoms with Crippen molar-refractivity contribution in [2.24, 2.45) is 0 Å². The van der Waals surface area contributed by atoms with E-state index >= 15 is 0 Å². The largest absolute Gasteiger partial charge is 0.370 e. The number of anilines is 1. The normalized spacial score (nSPS) is 12.1. The standard InChI is InChI=1S/C19H25N5O2S/c1-12(2)21-11-16-13(3)22-19-17(18(20-5)23-24(19)14(16)4)27(25,26)15-9-7-6-8-10-15/h6-10,12,21H,11H2,1-5H3,(H,20,23). The molecular formula is C19H25N5O2S. The van der Waals surface area contributed by atoms with E-state index in [4.69, 9.17) is 0 Å². The molecule has 0 aliphatic carbocycles. The van der Waals surface area contributed by atoms with Gasteiger partial charge in [0, 0.05) is 36.6 Å². The number of benzene rings is 1. The van der Waals surface area contributed by atoms with E-state index in [0.29, 0.717) is 24.1 Å². The molecule has 0 aliphatic rings. The van der Waals surface area contributed by atoms with E-state index in [-0.39, 0.29) is 9.79 Å². The van der Waals surface area contributed by atoms with E-state index in [1.165, 1.54) is 0 Å². The number of aromatic nitrogens is 3. The first-order chi connectivity index (χ1) is 12.8. The summed E-state index contributed by atoms with van der Waals surface area (Å²) in [6.07, 6.45) is 0. The predicted octanol–water partition coefficient (Wildman–Crippen LogP) is 2.72. The Morgan fingerprint density at radius 1 is 1.15 bits per heavy atom. The summed E-state index contributed by atoms with van der Waals surface area (Å²) >= 11 is 0. The molecule has 0 fully saturated rings. The topological polar surface area (TPSA) is 88.4 Å². The second-order valence-corrected chi connectivity index (χ2v) is 8.66. The zero-order chi connectivity index (χ0) is 19.8. The van der Waals surface area contributed by atoms with Crippen molar-refractivity contribution >= 4 is 21.3 Å². The number of aryl methyl sites for hydroxylation is 2. The SMILES string of the molecule is CNc1nn2c(C)c(CNC(C)C)c(C)nc2c1S(=O)(=O)c1ccccc1. The fourth-order valence-corrected chi connectivity index (χ4v) is 4.55. The van der Waals surface area contributed by atoms with Crippen LogP contribution >= 0.6 is 0 Å². The van der Waals surface area contributed by atoms with Crippen molar-refractivity contribution in [3.63, 3.8) is 0 Å². The van der Waals surface area contributed by atoms with E-state index in [2.05, 4.69) is 34.6 Å². The van der Waals surface area contributed by atoms with E-state index in [1.54, 1.807) is 41.9 Å². The van der Waals surface area contributed by atoms with Gasteiger partial charge in [-0.25, -0.2) is 17.9 Å². The molecule has 1 aromatic carbocycles. The average Bonchev–Trinajstić information content (AvgIpc) is 3.01. The third-order valence-corrected chi connectivity index (χ3v) is 6.34. The van der Waals surface area contributed by atoms with Gasteiger partial charge in [0.1, 0.15) is 0 Å². The molecule has 144 valence electrons. The maximum atomic E-state index is 13.3. The van der Waals surface area contributed by atoms with Gasteiger partial charge in [-0.2, -0.15) is 0 Å².